The zero-order valence-corrected chi connectivity index (χ0v) is 15.7. The normalized spacial score (nSPS) is 11.5. The molecule has 27 heavy (non-hydrogen) atoms. The van der Waals surface area contributed by atoms with Crippen molar-refractivity contribution in [1.82, 2.24) is 9.66 Å². The highest BCUT2D eigenvalue weighted by Crippen LogP contribution is 2.30. The molecule has 0 saturated heterocycles. The molecule has 2 aromatic carbocycles. The van der Waals surface area contributed by atoms with Gasteiger partial charge in [0, 0.05) is 16.5 Å². The summed E-state index contributed by atoms with van der Waals surface area (Å²) in [6.07, 6.45) is 1.48. The largest absolute Gasteiger partial charge is 0.507 e. The highest BCUT2D eigenvalue weighted by molar-refractivity contribution is 7.17. The molecule has 0 saturated carbocycles. The van der Waals surface area contributed by atoms with Gasteiger partial charge in [0.15, 0.2) is 0 Å². The molecule has 0 spiro atoms. The van der Waals surface area contributed by atoms with Crippen LogP contribution in [0.25, 0.3) is 21.3 Å². The minimum atomic E-state index is -0.221. The third-order valence-corrected chi connectivity index (χ3v) is 5.20. The SMILES string of the molecule is Cc1ccc(O)c(/C=N/n2c(C)nc3scc(-c4ccccc4)c3c2=O)c1. The molecular formula is C21H17N3O2S. The fourth-order valence-electron chi connectivity index (χ4n) is 2.95. The first-order chi connectivity index (χ1) is 13.0. The molecule has 4 rings (SSSR count). The lowest BCUT2D eigenvalue weighted by atomic mass is 10.1. The molecule has 4 aromatic rings. The Kier molecular flexibility index (Phi) is 4.33. The first-order valence-corrected chi connectivity index (χ1v) is 9.33. The lowest BCUT2D eigenvalue weighted by Crippen LogP contribution is -2.20. The molecule has 6 heteroatoms. The Balaban J connectivity index is 1.88. The number of nitrogens with zero attached hydrogens (tertiary/aromatic N) is 3. The molecule has 0 radical (unpaired) electrons. The highest BCUT2D eigenvalue weighted by Gasteiger charge is 2.15. The summed E-state index contributed by atoms with van der Waals surface area (Å²) in [6, 6.07) is 15.0. The zero-order valence-electron chi connectivity index (χ0n) is 14.9. The average Bonchev–Trinajstić information content (AvgIpc) is 3.09. The van der Waals surface area contributed by atoms with Crippen molar-refractivity contribution in [3.8, 4) is 16.9 Å². The van der Waals surface area contributed by atoms with E-state index >= 15 is 0 Å². The number of benzene rings is 2. The smallest absolute Gasteiger partial charge is 0.283 e. The summed E-state index contributed by atoms with van der Waals surface area (Å²) in [5.41, 5.74) is 3.15. The molecule has 0 unspecified atom stereocenters. The first-order valence-electron chi connectivity index (χ1n) is 8.45. The summed E-state index contributed by atoms with van der Waals surface area (Å²) in [6.45, 7) is 3.68. The molecule has 0 aliphatic rings. The highest BCUT2D eigenvalue weighted by atomic mass is 32.1. The number of thiophene rings is 1. The van der Waals surface area contributed by atoms with Crippen molar-refractivity contribution in [2.24, 2.45) is 5.10 Å². The summed E-state index contributed by atoms with van der Waals surface area (Å²) >= 11 is 1.45. The lowest BCUT2D eigenvalue weighted by molar-refractivity contribution is 0.474. The lowest BCUT2D eigenvalue weighted by Gasteiger charge is -2.05. The van der Waals surface area contributed by atoms with Crippen LogP contribution in [-0.4, -0.2) is 21.0 Å². The van der Waals surface area contributed by atoms with Gasteiger partial charge in [-0.3, -0.25) is 4.79 Å². The van der Waals surface area contributed by atoms with Crippen LogP contribution in [0.5, 0.6) is 5.75 Å². The number of phenolic OH excluding ortho intramolecular Hbond substituents is 1. The monoisotopic (exact) mass is 375 g/mol. The van der Waals surface area contributed by atoms with Crippen LogP contribution in [-0.2, 0) is 0 Å². The van der Waals surface area contributed by atoms with Gasteiger partial charge in [0.1, 0.15) is 16.4 Å². The van der Waals surface area contributed by atoms with Crippen molar-refractivity contribution in [1.29, 1.82) is 0 Å². The summed E-state index contributed by atoms with van der Waals surface area (Å²) in [5.74, 6) is 0.613. The van der Waals surface area contributed by atoms with Crippen LogP contribution in [0.1, 0.15) is 17.0 Å². The van der Waals surface area contributed by atoms with Gasteiger partial charge in [-0.25, -0.2) is 4.98 Å². The van der Waals surface area contributed by atoms with Crippen molar-refractivity contribution in [2.45, 2.75) is 13.8 Å². The van der Waals surface area contributed by atoms with Gasteiger partial charge in [-0.05, 0) is 31.5 Å². The van der Waals surface area contributed by atoms with E-state index in [1.54, 1.807) is 13.0 Å². The van der Waals surface area contributed by atoms with Gasteiger partial charge >= 0.3 is 0 Å². The van der Waals surface area contributed by atoms with Crippen LogP contribution in [0.4, 0.5) is 0 Å². The Labute approximate surface area is 159 Å². The number of hydrogen-bond donors (Lipinski definition) is 1. The van der Waals surface area contributed by atoms with Gasteiger partial charge in [-0.2, -0.15) is 9.78 Å². The molecule has 0 atom stereocenters. The van der Waals surface area contributed by atoms with Gasteiger partial charge in [0.2, 0.25) is 0 Å². The summed E-state index contributed by atoms with van der Waals surface area (Å²) < 4.78 is 1.28. The zero-order chi connectivity index (χ0) is 19.0. The molecular weight excluding hydrogens is 358 g/mol. The number of hydrogen-bond acceptors (Lipinski definition) is 5. The van der Waals surface area contributed by atoms with Crippen molar-refractivity contribution in [3.05, 3.63) is 81.2 Å². The van der Waals surface area contributed by atoms with Crippen LogP contribution in [0, 0.1) is 13.8 Å². The van der Waals surface area contributed by atoms with Crippen LogP contribution < -0.4 is 5.56 Å². The molecule has 1 N–H and O–H groups in total. The second kappa shape index (κ2) is 6.81. The maximum atomic E-state index is 13.1. The minimum Gasteiger partial charge on any atom is -0.507 e. The average molecular weight is 375 g/mol. The van der Waals surface area contributed by atoms with Crippen LogP contribution >= 0.6 is 11.3 Å². The molecule has 0 aliphatic heterocycles. The molecule has 0 bridgehead atoms. The van der Waals surface area contributed by atoms with E-state index in [-0.39, 0.29) is 11.3 Å². The Hall–Kier alpha value is -3.25. The second-order valence-electron chi connectivity index (χ2n) is 6.28. The van der Waals surface area contributed by atoms with Crippen LogP contribution in [0.2, 0.25) is 0 Å². The maximum absolute atomic E-state index is 13.1. The maximum Gasteiger partial charge on any atom is 0.283 e. The van der Waals surface area contributed by atoms with Gasteiger partial charge in [0.25, 0.3) is 5.56 Å². The molecule has 0 amide bonds. The molecule has 0 fully saturated rings. The predicted molar refractivity (Wildman–Crippen MR) is 110 cm³/mol. The molecule has 5 nitrogen and oxygen atoms in total. The Bertz CT molecular complexity index is 1220. The van der Waals surface area contributed by atoms with E-state index in [9.17, 15) is 9.90 Å². The van der Waals surface area contributed by atoms with E-state index in [1.165, 1.54) is 22.2 Å². The van der Waals surface area contributed by atoms with Crippen molar-refractivity contribution < 1.29 is 5.11 Å². The summed E-state index contributed by atoms with van der Waals surface area (Å²) in [5, 5.41) is 16.8. The quantitative estimate of drug-likeness (QED) is 0.542. The molecule has 0 aliphatic carbocycles. The minimum absolute atomic E-state index is 0.115. The molecule has 2 aromatic heterocycles. The van der Waals surface area contributed by atoms with Crippen molar-refractivity contribution in [2.75, 3.05) is 0 Å². The van der Waals surface area contributed by atoms with Gasteiger partial charge in [0.05, 0.1) is 11.6 Å². The fourth-order valence-corrected chi connectivity index (χ4v) is 3.93. The van der Waals surface area contributed by atoms with E-state index in [0.717, 1.165) is 16.7 Å². The standard InChI is InChI=1S/C21H17N3O2S/c1-13-8-9-18(25)16(10-13)11-22-24-14(2)23-20-19(21(24)26)17(12-27-20)15-6-4-3-5-7-15/h3-12,25H,1-2H3/b22-11+. The fraction of sp³-hybridized carbons (Fsp3) is 0.0952. The van der Waals surface area contributed by atoms with Crippen molar-refractivity contribution in [3.63, 3.8) is 0 Å². The summed E-state index contributed by atoms with van der Waals surface area (Å²) in [4.78, 5) is 18.4. The topological polar surface area (TPSA) is 67.5 Å². The van der Waals surface area contributed by atoms with Gasteiger partial charge < -0.3 is 5.11 Å². The molecule has 2 heterocycles. The van der Waals surface area contributed by atoms with E-state index in [0.29, 0.717) is 21.6 Å². The number of aromatic hydroxyl groups is 1. The third kappa shape index (κ3) is 3.15. The van der Waals surface area contributed by atoms with E-state index in [1.807, 2.05) is 54.8 Å². The van der Waals surface area contributed by atoms with Gasteiger partial charge in [-0.1, -0.05) is 42.0 Å². The van der Waals surface area contributed by atoms with E-state index in [4.69, 9.17) is 0 Å². The predicted octanol–water partition coefficient (Wildman–Crippen LogP) is 4.33. The number of fused-ring (bicyclic) bond motifs is 1. The van der Waals surface area contributed by atoms with E-state index in [2.05, 4.69) is 10.1 Å². The van der Waals surface area contributed by atoms with Gasteiger partial charge in [-0.15, -0.1) is 11.3 Å². The summed E-state index contributed by atoms with van der Waals surface area (Å²) in [7, 11) is 0. The first kappa shape index (κ1) is 17.2. The Morgan fingerprint density at radius 2 is 1.93 bits per heavy atom. The Morgan fingerprint density at radius 1 is 1.15 bits per heavy atom. The van der Waals surface area contributed by atoms with Crippen LogP contribution in [0.15, 0.2) is 63.8 Å². The van der Waals surface area contributed by atoms with Crippen LogP contribution in [0.3, 0.4) is 0 Å². The number of phenols is 1. The second-order valence-corrected chi connectivity index (χ2v) is 7.14. The number of rotatable bonds is 3. The molecule has 134 valence electrons. The number of aryl methyl sites for hydroxylation is 2. The van der Waals surface area contributed by atoms with Crippen molar-refractivity contribution >= 4 is 27.8 Å². The third-order valence-electron chi connectivity index (χ3n) is 4.33. The number of aromatic nitrogens is 2. The van der Waals surface area contributed by atoms with E-state index < -0.39 is 0 Å². The Morgan fingerprint density at radius 3 is 2.70 bits per heavy atom.